The van der Waals surface area contributed by atoms with Crippen LogP contribution in [0.4, 0.5) is 0 Å². The maximum Gasteiger partial charge on any atom is 0.330 e. The van der Waals surface area contributed by atoms with E-state index in [0.29, 0.717) is 32.7 Å². The van der Waals surface area contributed by atoms with Gasteiger partial charge in [0.1, 0.15) is 24.7 Å². The average Bonchev–Trinajstić information content (AvgIpc) is 3.05. The molecular weight excluding hydrogens is 446 g/mol. The highest BCUT2D eigenvalue weighted by Crippen LogP contribution is 2.54. The summed E-state index contributed by atoms with van der Waals surface area (Å²) in [5.41, 5.74) is 0.860. The number of hydrogen-bond donors (Lipinski definition) is 2. The molecule has 3 heterocycles. The number of hydrogen-bond acceptors (Lipinski definition) is 8. The molecule has 3 fully saturated rings. The van der Waals surface area contributed by atoms with Crippen LogP contribution in [0.15, 0.2) is 30.3 Å². The number of nitrogens with zero attached hydrogens (tertiary/aromatic N) is 3. The summed E-state index contributed by atoms with van der Waals surface area (Å²) in [6.07, 6.45) is -1.44. The van der Waals surface area contributed by atoms with Gasteiger partial charge in [0, 0.05) is 37.5 Å². The van der Waals surface area contributed by atoms with E-state index in [1.165, 1.54) is 16.7 Å². The van der Waals surface area contributed by atoms with Gasteiger partial charge in [-0.05, 0) is 19.4 Å². The van der Waals surface area contributed by atoms with Crippen LogP contribution in [0.3, 0.4) is 0 Å². The third-order valence-electron chi connectivity index (χ3n) is 6.62. The normalized spacial score (nSPS) is 27.6. The highest BCUT2D eigenvalue weighted by atomic mass is 32.2. The van der Waals surface area contributed by atoms with Gasteiger partial charge in [0.25, 0.3) is 5.91 Å². The number of piperazine rings is 1. The van der Waals surface area contributed by atoms with E-state index < -0.39 is 40.1 Å². The zero-order valence-electron chi connectivity index (χ0n) is 18.9. The van der Waals surface area contributed by atoms with Gasteiger partial charge in [-0.1, -0.05) is 30.3 Å². The Labute approximate surface area is 197 Å². The van der Waals surface area contributed by atoms with E-state index in [1.54, 1.807) is 4.90 Å². The smallest absolute Gasteiger partial charge is 0.330 e. The molecule has 0 unspecified atom stereocenters. The van der Waals surface area contributed by atoms with Crippen LogP contribution >= 0.6 is 11.8 Å². The molecule has 2 N–H and O–H groups in total. The van der Waals surface area contributed by atoms with E-state index in [1.807, 2.05) is 49.1 Å². The number of aliphatic hydroxyl groups is 2. The van der Waals surface area contributed by atoms with E-state index in [9.17, 15) is 19.5 Å². The van der Waals surface area contributed by atoms with Crippen molar-refractivity contribution in [1.29, 1.82) is 0 Å². The number of thioether (sulfide) groups is 1. The molecule has 2 amide bonds. The standard InChI is InChI=1S/C23H31N3O6S/c1-23(2)18(22(31)32-14-15-6-4-3-5-7-15)26-19(29)16(21(26)33-23)17(28)20(30)25-10-8-24(9-11-25)12-13-27/h3-7,16-18,21,27-28H,8-14H2,1-2H3/t16-,17+,18+,21-/m1/s1. The van der Waals surface area contributed by atoms with E-state index >= 15 is 0 Å². The van der Waals surface area contributed by atoms with E-state index in [4.69, 9.17) is 9.84 Å². The molecule has 3 saturated heterocycles. The van der Waals surface area contributed by atoms with Crippen LogP contribution < -0.4 is 0 Å². The van der Waals surface area contributed by atoms with Crippen LogP contribution in [0.1, 0.15) is 19.4 Å². The molecule has 4 atom stereocenters. The fourth-order valence-electron chi connectivity index (χ4n) is 4.80. The Balaban J connectivity index is 1.38. The Kier molecular flexibility index (Phi) is 6.99. The number of fused-ring (bicyclic) bond motifs is 1. The van der Waals surface area contributed by atoms with Crippen molar-refractivity contribution in [2.24, 2.45) is 5.92 Å². The maximum atomic E-state index is 13.0. The van der Waals surface area contributed by atoms with Crippen molar-refractivity contribution >= 4 is 29.5 Å². The summed E-state index contributed by atoms with van der Waals surface area (Å²) in [6.45, 7) is 6.61. The third-order valence-corrected chi connectivity index (χ3v) is 8.22. The minimum atomic E-state index is -1.44. The van der Waals surface area contributed by atoms with Crippen molar-refractivity contribution in [3.63, 3.8) is 0 Å². The molecule has 0 bridgehead atoms. The lowest BCUT2D eigenvalue weighted by Crippen LogP contribution is -2.67. The predicted molar refractivity (Wildman–Crippen MR) is 122 cm³/mol. The molecule has 0 radical (unpaired) electrons. The lowest BCUT2D eigenvalue weighted by molar-refractivity contribution is -0.175. The molecule has 0 saturated carbocycles. The van der Waals surface area contributed by atoms with Crippen LogP contribution in [0, 0.1) is 5.92 Å². The zero-order chi connectivity index (χ0) is 23.8. The number of aliphatic hydroxyl groups excluding tert-OH is 2. The third kappa shape index (κ3) is 4.62. The lowest BCUT2D eigenvalue weighted by Gasteiger charge is -2.46. The molecule has 0 spiro atoms. The van der Waals surface area contributed by atoms with Gasteiger partial charge in [-0.15, -0.1) is 11.8 Å². The van der Waals surface area contributed by atoms with Crippen molar-refractivity contribution in [3.8, 4) is 0 Å². The van der Waals surface area contributed by atoms with Crippen LogP contribution in [0.25, 0.3) is 0 Å². The zero-order valence-corrected chi connectivity index (χ0v) is 19.7. The van der Waals surface area contributed by atoms with Crippen molar-refractivity contribution in [2.45, 2.75) is 42.7 Å². The van der Waals surface area contributed by atoms with E-state index in [0.717, 1.165) is 5.56 Å². The molecule has 180 valence electrons. The summed E-state index contributed by atoms with van der Waals surface area (Å²) < 4.78 is 4.90. The highest BCUT2D eigenvalue weighted by molar-refractivity contribution is 8.01. The monoisotopic (exact) mass is 477 g/mol. The summed E-state index contributed by atoms with van der Waals surface area (Å²) >= 11 is 1.42. The van der Waals surface area contributed by atoms with Gasteiger partial charge in [-0.2, -0.15) is 0 Å². The Morgan fingerprint density at radius 2 is 1.85 bits per heavy atom. The second-order valence-corrected chi connectivity index (χ2v) is 11.0. The first-order valence-corrected chi connectivity index (χ1v) is 12.1. The summed E-state index contributed by atoms with van der Waals surface area (Å²) in [4.78, 5) is 43.9. The van der Waals surface area contributed by atoms with Gasteiger partial charge in [0.15, 0.2) is 0 Å². The van der Waals surface area contributed by atoms with Crippen LogP contribution in [-0.4, -0.2) is 104 Å². The number of carbonyl (C=O) groups excluding carboxylic acids is 3. The first-order chi connectivity index (χ1) is 15.7. The van der Waals surface area contributed by atoms with Crippen molar-refractivity contribution < 1.29 is 29.3 Å². The molecule has 9 nitrogen and oxygen atoms in total. The van der Waals surface area contributed by atoms with Crippen molar-refractivity contribution in [3.05, 3.63) is 35.9 Å². The Morgan fingerprint density at radius 1 is 1.18 bits per heavy atom. The number of β-lactam (4-membered cyclic amide) rings is 1. The fraction of sp³-hybridized carbons (Fsp3) is 0.609. The first kappa shape index (κ1) is 24.0. The summed E-state index contributed by atoms with van der Waals surface area (Å²) in [5.74, 6) is -2.19. The Morgan fingerprint density at radius 3 is 2.48 bits per heavy atom. The topological polar surface area (TPSA) is 111 Å². The van der Waals surface area contributed by atoms with Gasteiger partial charge in [-0.25, -0.2) is 4.79 Å². The Hall–Kier alpha value is -2.14. The average molecular weight is 478 g/mol. The van der Waals surface area contributed by atoms with Crippen LogP contribution in [-0.2, 0) is 25.7 Å². The maximum absolute atomic E-state index is 13.0. The molecule has 3 aliphatic heterocycles. The number of ether oxygens (including phenoxy) is 1. The quantitative estimate of drug-likeness (QED) is 0.414. The molecule has 33 heavy (non-hydrogen) atoms. The molecular formula is C23H31N3O6S. The molecule has 10 heteroatoms. The van der Waals surface area contributed by atoms with E-state index in [-0.39, 0.29) is 19.1 Å². The van der Waals surface area contributed by atoms with Crippen molar-refractivity contribution in [1.82, 2.24) is 14.7 Å². The molecule has 0 aliphatic carbocycles. The van der Waals surface area contributed by atoms with Gasteiger partial charge in [0.05, 0.1) is 12.0 Å². The second kappa shape index (κ2) is 9.61. The summed E-state index contributed by atoms with van der Waals surface area (Å²) in [6, 6.07) is 8.56. The highest BCUT2D eigenvalue weighted by Gasteiger charge is 2.66. The number of amides is 2. The number of benzene rings is 1. The second-order valence-electron chi connectivity index (χ2n) is 9.21. The minimum Gasteiger partial charge on any atom is -0.459 e. The molecule has 3 aliphatic rings. The van der Waals surface area contributed by atoms with Crippen LogP contribution in [0.5, 0.6) is 0 Å². The molecule has 1 aromatic rings. The largest absolute Gasteiger partial charge is 0.459 e. The fourth-order valence-corrected chi connectivity index (χ4v) is 6.51. The molecule has 0 aromatic heterocycles. The van der Waals surface area contributed by atoms with E-state index in [2.05, 4.69) is 0 Å². The summed E-state index contributed by atoms with van der Waals surface area (Å²) in [5, 5.41) is 19.4. The minimum absolute atomic E-state index is 0.0621. The number of β-amino-alcohol motifs (C(OH)–C–C–N with tert-alkyl or cyclic N) is 1. The Bertz CT molecular complexity index is 889. The summed E-state index contributed by atoms with van der Waals surface area (Å²) in [7, 11) is 0. The van der Waals surface area contributed by atoms with Crippen LogP contribution in [0.2, 0.25) is 0 Å². The molecule has 1 aromatic carbocycles. The molecule has 4 rings (SSSR count). The van der Waals surface area contributed by atoms with Gasteiger partial charge in [-0.3, -0.25) is 14.5 Å². The van der Waals surface area contributed by atoms with Crippen molar-refractivity contribution in [2.75, 3.05) is 39.3 Å². The number of carbonyl (C=O) groups is 3. The van der Waals surface area contributed by atoms with Gasteiger partial charge < -0.3 is 24.7 Å². The number of rotatable bonds is 7. The lowest BCUT2D eigenvalue weighted by atomic mass is 9.87. The van der Waals surface area contributed by atoms with Gasteiger partial charge >= 0.3 is 5.97 Å². The first-order valence-electron chi connectivity index (χ1n) is 11.2. The SMILES string of the molecule is CC1(C)S[C@@H]2[C@H]([C@H](O)C(=O)N3CCN(CCO)CC3)C(=O)N2[C@H]1C(=O)OCc1ccccc1. The predicted octanol–water partition coefficient (Wildman–Crippen LogP) is -0.0943. The van der Waals surface area contributed by atoms with Gasteiger partial charge in [0.2, 0.25) is 5.91 Å². The number of esters is 1.